The van der Waals surface area contributed by atoms with Crippen LogP contribution in [0.3, 0.4) is 0 Å². The zero-order valence-corrected chi connectivity index (χ0v) is 10.4. The highest BCUT2D eigenvalue weighted by molar-refractivity contribution is 5.39. The first kappa shape index (κ1) is 11.6. The fourth-order valence-corrected chi connectivity index (χ4v) is 1.75. The van der Waals surface area contributed by atoms with Gasteiger partial charge in [-0.25, -0.2) is 0 Å². The minimum atomic E-state index is 0.226. The van der Waals surface area contributed by atoms with E-state index in [9.17, 15) is 0 Å². The molecular formula is C13H17N3O. The van der Waals surface area contributed by atoms with E-state index in [1.165, 1.54) is 11.1 Å². The van der Waals surface area contributed by atoms with Crippen LogP contribution in [0.4, 0.5) is 0 Å². The van der Waals surface area contributed by atoms with Crippen molar-refractivity contribution >= 4 is 0 Å². The summed E-state index contributed by atoms with van der Waals surface area (Å²) in [5.41, 5.74) is 2.34. The lowest BCUT2D eigenvalue weighted by molar-refractivity contribution is 0.257. The number of para-hydroxylation sites is 1. The molecule has 90 valence electrons. The number of benzene rings is 1. The molecule has 0 spiro atoms. The first-order valence-electron chi connectivity index (χ1n) is 5.71. The van der Waals surface area contributed by atoms with Gasteiger partial charge in [0.25, 0.3) is 0 Å². The summed E-state index contributed by atoms with van der Waals surface area (Å²) >= 11 is 0. The molecular weight excluding hydrogens is 214 g/mol. The highest BCUT2D eigenvalue weighted by atomic mass is 16.5. The van der Waals surface area contributed by atoms with Crippen LogP contribution in [0, 0.1) is 13.8 Å². The van der Waals surface area contributed by atoms with Gasteiger partial charge in [0.15, 0.2) is 0 Å². The monoisotopic (exact) mass is 231 g/mol. The van der Waals surface area contributed by atoms with Gasteiger partial charge >= 0.3 is 0 Å². The average Bonchev–Trinajstić information content (AvgIpc) is 2.81. The van der Waals surface area contributed by atoms with Crippen LogP contribution in [0.1, 0.15) is 24.1 Å². The average molecular weight is 231 g/mol. The maximum atomic E-state index is 5.88. The van der Waals surface area contributed by atoms with Crippen molar-refractivity contribution in [2.75, 3.05) is 6.61 Å². The molecule has 1 aromatic heterocycles. The Labute approximate surface area is 101 Å². The van der Waals surface area contributed by atoms with Crippen molar-refractivity contribution < 1.29 is 4.74 Å². The van der Waals surface area contributed by atoms with Gasteiger partial charge in [-0.3, -0.25) is 0 Å². The third-order valence-corrected chi connectivity index (χ3v) is 2.82. The predicted molar refractivity (Wildman–Crippen MR) is 66.1 cm³/mol. The van der Waals surface area contributed by atoms with E-state index in [1.54, 1.807) is 12.7 Å². The van der Waals surface area contributed by atoms with Gasteiger partial charge in [0.05, 0.1) is 6.04 Å². The van der Waals surface area contributed by atoms with E-state index in [4.69, 9.17) is 4.74 Å². The topological polar surface area (TPSA) is 39.9 Å². The summed E-state index contributed by atoms with van der Waals surface area (Å²) in [6, 6.07) is 6.39. The van der Waals surface area contributed by atoms with Crippen LogP contribution < -0.4 is 4.74 Å². The first-order valence-corrected chi connectivity index (χ1v) is 5.71. The molecule has 1 atom stereocenters. The van der Waals surface area contributed by atoms with Crippen molar-refractivity contribution in [1.29, 1.82) is 0 Å². The summed E-state index contributed by atoms with van der Waals surface area (Å²) < 4.78 is 7.81. The lowest BCUT2D eigenvalue weighted by Gasteiger charge is -2.16. The van der Waals surface area contributed by atoms with Crippen molar-refractivity contribution in [3.8, 4) is 5.75 Å². The Balaban J connectivity index is 2.03. The van der Waals surface area contributed by atoms with Gasteiger partial charge in [-0.1, -0.05) is 18.2 Å². The van der Waals surface area contributed by atoms with Crippen LogP contribution in [0.15, 0.2) is 30.9 Å². The van der Waals surface area contributed by atoms with Crippen LogP contribution in [0.25, 0.3) is 0 Å². The summed E-state index contributed by atoms with van der Waals surface area (Å²) in [5.74, 6) is 0.979. The Hall–Kier alpha value is -1.84. The summed E-state index contributed by atoms with van der Waals surface area (Å²) in [6.07, 6.45) is 3.41. The summed E-state index contributed by atoms with van der Waals surface area (Å²) in [5, 5.41) is 7.58. The van der Waals surface area contributed by atoms with E-state index in [2.05, 4.69) is 43.1 Å². The molecule has 0 saturated carbocycles. The van der Waals surface area contributed by atoms with Crippen LogP contribution in [-0.4, -0.2) is 21.4 Å². The lowest BCUT2D eigenvalue weighted by Crippen LogP contribution is -2.13. The quantitative estimate of drug-likeness (QED) is 0.811. The van der Waals surface area contributed by atoms with Crippen LogP contribution in [0.5, 0.6) is 5.75 Å². The zero-order chi connectivity index (χ0) is 12.3. The SMILES string of the molecule is Cc1cccc(C)c1OC[C@H](C)n1cnnc1. The Morgan fingerprint density at radius 3 is 2.35 bits per heavy atom. The maximum Gasteiger partial charge on any atom is 0.125 e. The van der Waals surface area contributed by atoms with E-state index < -0.39 is 0 Å². The van der Waals surface area contributed by atoms with Crippen molar-refractivity contribution in [1.82, 2.24) is 14.8 Å². The summed E-state index contributed by atoms with van der Waals surface area (Å²) in [7, 11) is 0. The molecule has 0 N–H and O–H groups in total. The van der Waals surface area contributed by atoms with Gasteiger partial charge in [0.2, 0.25) is 0 Å². The number of hydrogen-bond acceptors (Lipinski definition) is 3. The molecule has 0 aliphatic carbocycles. The van der Waals surface area contributed by atoms with E-state index >= 15 is 0 Å². The molecule has 2 rings (SSSR count). The molecule has 1 heterocycles. The Morgan fingerprint density at radius 1 is 1.18 bits per heavy atom. The molecule has 0 bridgehead atoms. The van der Waals surface area contributed by atoms with Gasteiger partial charge in [0, 0.05) is 0 Å². The van der Waals surface area contributed by atoms with E-state index in [0.717, 1.165) is 5.75 Å². The molecule has 4 nitrogen and oxygen atoms in total. The number of aromatic nitrogens is 3. The third kappa shape index (κ3) is 2.64. The van der Waals surface area contributed by atoms with Gasteiger partial charge in [-0.15, -0.1) is 10.2 Å². The van der Waals surface area contributed by atoms with Crippen molar-refractivity contribution in [3.63, 3.8) is 0 Å². The molecule has 0 aliphatic heterocycles. The largest absolute Gasteiger partial charge is 0.491 e. The molecule has 2 aromatic rings. The van der Waals surface area contributed by atoms with Crippen LogP contribution in [-0.2, 0) is 0 Å². The van der Waals surface area contributed by atoms with Crippen molar-refractivity contribution in [2.45, 2.75) is 26.8 Å². The van der Waals surface area contributed by atoms with Crippen LogP contribution >= 0.6 is 0 Å². The molecule has 0 radical (unpaired) electrons. The Kier molecular flexibility index (Phi) is 3.42. The van der Waals surface area contributed by atoms with Crippen molar-refractivity contribution in [2.24, 2.45) is 0 Å². The number of rotatable bonds is 4. The Bertz CT molecular complexity index is 459. The van der Waals surface area contributed by atoms with E-state index in [-0.39, 0.29) is 6.04 Å². The standard InChI is InChI=1S/C13H17N3O/c1-10-5-4-6-11(2)13(10)17-7-12(3)16-8-14-15-9-16/h4-6,8-9,12H,7H2,1-3H3/t12-/m0/s1. The molecule has 0 amide bonds. The molecule has 0 unspecified atom stereocenters. The molecule has 4 heteroatoms. The highest BCUT2D eigenvalue weighted by Gasteiger charge is 2.08. The lowest BCUT2D eigenvalue weighted by atomic mass is 10.1. The van der Waals surface area contributed by atoms with E-state index in [1.807, 2.05) is 10.6 Å². The van der Waals surface area contributed by atoms with Gasteiger partial charge in [0.1, 0.15) is 25.0 Å². The van der Waals surface area contributed by atoms with Crippen LogP contribution in [0.2, 0.25) is 0 Å². The number of ether oxygens (including phenoxy) is 1. The minimum Gasteiger partial charge on any atom is -0.491 e. The van der Waals surface area contributed by atoms with E-state index in [0.29, 0.717) is 6.61 Å². The fourth-order valence-electron chi connectivity index (χ4n) is 1.75. The second-order valence-corrected chi connectivity index (χ2v) is 4.29. The fraction of sp³-hybridized carbons (Fsp3) is 0.385. The number of hydrogen-bond donors (Lipinski definition) is 0. The minimum absolute atomic E-state index is 0.226. The van der Waals surface area contributed by atoms with Gasteiger partial charge in [-0.05, 0) is 31.9 Å². The number of nitrogens with zero attached hydrogens (tertiary/aromatic N) is 3. The molecule has 1 aromatic carbocycles. The predicted octanol–water partition coefficient (Wildman–Crippen LogP) is 2.53. The van der Waals surface area contributed by atoms with Gasteiger partial charge in [-0.2, -0.15) is 0 Å². The molecule has 0 saturated heterocycles. The Morgan fingerprint density at radius 2 is 1.76 bits per heavy atom. The van der Waals surface area contributed by atoms with Crippen molar-refractivity contribution in [3.05, 3.63) is 42.0 Å². The highest BCUT2D eigenvalue weighted by Crippen LogP contribution is 2.23. The smallest absolute Gasteiger partial charge is 0.125 e. The summed E-state index contributed by atoms with van der Waals surface area (Å²) in [6.45, 7) is 6.82. The normalized spacial score (nSPS) is 12.4. The molecule has 0 fully saturated rings. The second kappa shape index (κ2) is 4.99. The summed E-state index contributed by atoms with van der Waals surface area (Å²) in [4.78, 5) is 0. The maximum absolute atomic E-state index is 5.88. The second-order valence-electron chi connectivity index (χ2n) is 4.29. The first-order chi connectivity index (χ1) is 8.18. The molecule has 17 heavy (non-hydrogen) atoms. The zero-order valence-electron chi connectivity index (χ0n) is 10.4. The van der Waals surface area contributed by atoms with Gasteiger partial charge < -0.3 is 9.30 Å². The molecule has 0 aliphatic rings. The third-order valence-electron chi connectivity index (χ3n) is 2.82. The number of aryl methyl sites for hydroxylation is 2.